The van der Waals surface area contributed by atoms with Gasteiger partial charge in [-0.25, -0.2) is 4.79 Å². The molecule has 0 aliphatic carbocycles. The average molecular weight is 235 g/mol. The number of nitrogens with two attached hydrogens (primary N) is 1. The second kappa shape index (κ2) is 3.61. The zero-order valence-corrected chi connectivity index (χ0v) is 9.30. The minimum absolute atomic E-state index is 0.0150. The smallest absolute Gasteiger partial charge is 0.346 e. The van der Waals surface area contributed by atoms with E-state index in [-0.39, 0.29) is 16.3 Å². The minimum atomic E-state index is -0.580. The van der Waals surface area contributed by atoms with Crippen molar-refractivity contribution in [3.63, 3.8) is 0 Å². The van der Waals surface area contributed by atoms with E-state index in [0.717, 1.165) is 0 Å². The third kappa shape index (κ3) is 1.55. The van der Waals surface area contributed by atoms with Gasteiger partial charge in [0.15, 0.2) is 0 Å². The summed E-state index contributed by atoms with van der Waals surface area (Å²) in [6, 6.07) is 4.55. The van der Waals surface area contributed by atoms with Gasteiger partial charge in [0.25, 0.3) is 0 Å². The summed E-state index contributed by atoms with van der Waals surface area (Å²) in [4.78, 5) is 11.6. The van der Waals surface area contributed by atoms with E-state index in [1.54, 1.807) is 13.0 Å². The number of thiocarbonyl (C=S) groups is 1. The molecule has 82 valence electrons. The largest absolute Gasteiger partial charge is 0.508 e. The maximum atomic E-state index is 11.6. The number of fused-ring (bicyclic) bond motifs is 1. The van der Waals surface area contributed by atoms with E-state index in [0.29, 0.717) is 16.5 Å². The molecule has 0 saturated carbocycles. The second-order valence-electron chi connectivity index (χ2n) is 3.43. The van der Waals surface area contributed by atoms with Crippen LogP contribution in [0.4, 0.5) is 0 Å². The normalized spacial score (nSPS) is 10.6. The van der Waals surface area contributed by atoms with Gasteiger partial charge in [-0.15, -0.1) is 0 Å². The SMILES string of the molecule is Cc1c(C(N)=S)c(=O)oc2cc(O)ccc12. The zero-order chi connectivity index (χ0) is 11.9. The van der Waals surface area contributed by atoms with Crippen molar-refractivity contribution in [3.05, 3.63) is 39.7 Å². The summed E-state index contributed by atoms with van der Waals surface area (Å²) in [6.45, 7) is 1.74. The van der Waals surface area contributed by atoms with Crippen LogP contribution in [0.1, 0.15) is 11.1 Å². The fraction of sp³-hybridized carbons (Fsp3) is 0.0909. The highest BCUT2D eigenvalue weighted by Crippen LogP contribution is 2.23. The Balaban J connectivity index is 2.94. The molecular formula is C11H9NO3S. The summed E-state index contributed by atoms with van der Waals surface area (Å²) in [5, 5.41) is 9.99. The van der Waals surface area contributed by atoms with Gasteiger partial charge in [0.05, 0.1) is 5.56 Å². The van der Waals surface area contributed by atoms with Crippen molar-refractivity contribution in [1.82, 2.24) is 0 Å². The molecule has 1 aromatic heterocycles. The van der Waals surface area contributed by atoms with Crippen molar-refractivity contribution in [2.24, 2.45) is 5.73 Å². The summed E-state index contributed by atoms with van der Waals surface area (Å²) in [7, 11) is 0. The molecule has 0 fully saturated rings. The van der Waals surface area contributed by atoms with Gasteiger partial charge in [0.1, 0.15) is 16.3 Å². The predicted octanol–water partition coefficient (Wildman–Crippen LogP) is 1.44. The molecule has 1 heterocycles. The summed E-state index contributed by atoms with van der Waals surface area (Å²) in [5.74, 6) is 0.0399. The summed E-state index contributed by atoms with van der Waals surface area (Å²) in [6.07, 6.45) is 0. The zero-order valence-electron chi connectivity index (χ0n) is 8.48. The fourth-order valence-corrected chi connectivity index (χ4v) is 1.87. The van der Waals surface area contributed by atoms with Gasteiger partial charge in [-0.3, -0.25) is 0 Å². The molecule has 0 radical (unpaired) electrons. The molecule has 0 aliphatic rings. The van der Waals surface area contributed by atoms with Crippen molar-refractivity contribution in [2.75, 3.05) is 0 Å². The highest BCUT2D eigenvalue weighted by molar-refractivity contribution is 7.80. The number of aryl methyl sites for hydroxylation is 1. The molecule has 1 aromatic carbocycles. The van der Waals surface area contributed by atoms with Gasteiger partial charge < -0.3 is 15.3 Å². The van der Waals surface area contributed by atoms with Gasteiger partial charge in [-0.05, 0) is 24.6 Å². The molecular weight excluding hydrogens is 226 g/mol. The lowest BCUT2D eigenvalue weighted by Gasteiger charge is -2.05. The number of hydrogen-bond donors (Lipinski definition) is 2. The van der Waals surface area contributed by atoms with Crippen LogP contribution < -0.4 is 11.4 Å². The highest BCUT2D eigenvalue weighted by atomic mass is 32.1. The lowest BCUT2D eigenvalue weighted by molar-refractivity contribution is 0.473. The predicted molar refractivity (Wildman–Crippen MR) is 64.8 cm³/mol. The molecule has 0 aliphatic heterocycles. The topological polar surface area (TPSA) is 76.5 Å². The van der Waals surface area contributed by atoms with E-state index < -0.39 is 5.63 Å². The second-order valence-corrected chi connectivity index (χ2v) is 3.87. The van der Waals surface area contributed by atoms with Crippen molar-refractivity contribution >= 4 is 28.2 Å². The minimum Gasteiger partial charge on any atom is -0.508 e. The summed E-state index contributed by atoms with van der Waals surface area (Å²) >= 11 is 4.79. The Hall–Kier alpha value is -1.88. The van der Waals surface area contributed by atoms with E-state index in [9.17, 15) is 9.90 Å². The highest BCUT2D eigenvalue weighted by Gasteiger charge is 2.13. The van der Waals surface area contributed by atoms with Crippen LogP contribution >= 0.6 is 12.2 Å². The van der Waals surface area contributed by atoms with E-state index in [1.165, 1.54) is 12.1 Å². The lowest BCUT2D eigenvalue weighted by Crippen LogP contribution is -2.21. The first kappa shape index (κ1) is 10.6. The van der Waals surface area contributed by atoms with E-state index >= 15 is 0 Å². The Morgan fingerprint density at radius 3 is 2.81 bits per heavy atom. The average Bonchev–Trinajstić information content (AvgIpc) is 2.15. The molecule has 2 aromatic rings. The Morgan fingerprint density at radius 2 is 2.19 bits per heavy atom. The molecule has 5 heteroatoms. The Bertz CT molecular complexity index is 645. The first-order valence-electron chi connectivity index (χ1n) is 4.57. The molecule has 0 atom stereocenters. The Kier molecular flexibility index (Phi) is 2.40. The number of phenols is 1. The standard InChI is InChI=1S/C11H9NO3S/c1-5-7-3-2-6(13)4-8(7)15-11(14)9(5)10(12)16/h2-4,13H,1H3,(H2,12,16). The van der Waals surface area contributed by atoms with Gasteiger partial charge in [0, 0.05) is 11.5 Å². The van der Waals surface area contributed by atoms with Gasteiger partial charge in [-0.2, -0.15) is 0 Å². The molecule has 16 heavy (non-hydrogen) atoms. The molecule has 4 nitrogen and oxygen atoms in total. The number of rotatable bonds is 1. The first-order chi connectivity index (χ1) is 7.50. The molecule has 0 bridgehead atoms. The quantitative estimate of drug-likeness (QED) is 0.577. The molecule has 0 saturated heterocycles. The van der Waals surface area contributed by atoms with E-state index in [4.69, 9.17) is 22.4 Å². The van der Waals surface area contributed by atoms with Crippen LogP contribution in [-0.4, -0.2) is 10.1 Å². The molecule has 0 spiro atoms. The first-order valence-corrected chi connectivity index (χ1v) is 4.98. The van der Waals surface area contributed by atoms with Crippen LogP contribution in [0.25, 0.3) is 11.0 Å². The lowest BCUT2D eigenvalue weighted by atomic mass is 10.1. The Labute approximate surface area is 96.3 Å². The molecule has 3 N–H and O–H groups in total. The maximum Gasteiger partial charge on any atom is 0.346 e. The van der Waals surface area contributed by atoms with Crippen molar-refractivity contribution < 1.29 is 9.52 Å². The Morgan fingerprint density at radius 1 is 1.50 bits per heavy atom. The van der Waals surface area contributed by atoms with Crippen LogP contribution in [0.5, 0.6) is 5.75 Å². The fourth-order valence-electron chi connectivity index (χ4n) is 1.63. The summed E-state index contributed by atoms with van der Waals surface area (Å²) < 4.78 is 5.03. The number of hydrogen-bond acceptors (Lipinski definition) is 4. The molecule has 0 amide bonds. The van der Waals surface area contributed by atoms with Crippen LogP contribution in [0.3, 0.4) is 0 Å². The molecule has 0 unspecified atom stereocenters. The van der Waals surface area contributed by atoms with Crippen LogP contribution in [-0.2, 0) is 0 Å². The number of phenolic OH excluding ortho intramolecular Hbond substituents is 1. The van der Waals surface area contributed by atoms with Gasteiger partial charge >= 0.3 is 5.63 Å². The van der Waals surface area contributed by atoms with Crippen molar-refractivity contribution in [3.8, 4) is 5.75 Å². The third-order valence-corrected chi connectivity index (χ3v) is 2.60. The third-order valence-electron chi connectivity index (χ3n) is 2.40. The van der Waals surface area contributed by atoms with Crippen LogP contribution in [0.15, 0.2) is 27.4 Å². The van der Waals surface area contributed by atoms with E-state index in [1.807, 2.05) is 0 Å². The number of aromatic hydroxyl groups is 1. The van der Waals surface area contributed by atoms with Gasteiger partial charge in [0.2, 0.25) is 0 Å². The van der Waals surface area contributed by atoms with Crippen LogP contribution in [0, 0.1) is 6.92 Å². The van der Waals surface area contributed by atoms with Crippen molar-refractivity contribution in [1.29, 1.82) is 0 Å². The van der Waals surface area contributed by atoms with Crippen LogP contribution in [0.2, 0.25) is 0 Å². The summed E-state index contributed by atoms with van der Waals surface area (Å²) in [5.41, 5.74) is 6.08. The van der Waals surface area contributed by atoms with E-state index in [2.05, 4.69) is 0 Å². The maximum absolute atomic E-state index is 11.6. The monoisotopic (exact) mass is 235 g/mol. The van der Waals surface area contributed by atoms with Gasteiger partial charge in [-0.1, -0.05) is 12.2 Å². The van der Waals surface area contributed by atoms with Crippen molar-refractivity contribution in [2.45, 2.75) is 6.92 Å². The molecule has 2 rings (SSSR count). The number of benzene rings is 1.